The lowest BCUT2D eigenvalue weighted by Crippen LogP contribution is -2.13. The Kier molecular flexibility index (Phi) is 3.79. The van der Waals surface area contributed by atoms with Crippen LogP contribution < -0.4 is 10.1 Å². The summed E-state index contributed by atoms with van der Waals surface area (Å²) >= 11 is 5.80. The van der Waals surface area contributed by atoms with Crippen LogP contribution in [0.5, 0.6) is 5.88 Å². The minimum Gasteiger partial charge on any atom is -0.480 e. The van der Waals surface area contributed by atoms with Crippen LogP contribution in [0, 0.1) is 5.41 Å². The van der Waals surface area contributed by atoms with Crippen molar-refractivity contribution in [2.75, 3.05) is 12.4 Å². The molecule has 2 N–H and O–H groups in total. The molecule has 0 bridgehead atoms. The molecule has 0 spiro atoms. The monoisotopic (exact) mass is 261 g/mol. The van der Waals surface area contributed by atoms with Crippen LogP contribution in [-0.4, -0.2) is 17.9 Å². The van der Waals surface area contributed by atoms with E-state index in [4.69, 9.17) is 21.7 Å². The maximum atomic E-state index is 8.00. The molecule has 2 aromatic rings. The number of halogens is 1. The molecule has 5 heteroatoms. The highest BCUT2D eigenvalue weighted by Crippen LogP contribution is 2.17. The van der Waals surface area contributed by atoms with Crippen molar-refractivity contribution in [1.82, 2.24) is 4.98 Å². The highest BCUT2D eigenvalue weighted by molar-refractivity contribution is 6.30. The number of amidine groups is 1. The van der Waals surface area contributed by atoms with Crippen molar-refractivity contribution in [2.45, 2.75) is 0 Å². The molecule has 0 unspecified atom stereocenters. The number of benzene rings is 1. The Morgan fingerprint density at radius 1 is 1.28 bits per heavy atom. The van der Waals surface area contributed by atoms with Gasteiger partial charge in [0.2, 0.25) is 5.88 Å². The topological polar surface area (TPSA) is 58.0 Å². The molecule has 0 amide bonds. The molecule has 0 saturated carbocycles. The third-order valence-corrected chi connectivity index (χ3v) is 2.60. The second kappa shape index (κ2) is 5.51. The van der Waals surface area contributed by atoms with Crippen LogP contribution >= 0.6 is 11.6 Å². The lowest BCUT2D eigenvalue weighted by Gasteiger charge is -2.10. The zero-order valence-corrected chi connectivity index (χ0v) is 10.5. The fraction of sp³-hybridized carbons (Fsp3) is 0.0769. The minimum atomic E-state index is 0.224. The van der Waals surface area contributed by atoms with Gasteiger partial charge >= 0.3 is 0 Å². The van der Waals surface area contributed by atoms with E-state index in [1.165, 1.54) is 7.11 Å². The summed E-state index contributed by atoms with van der Waals surface area (Å²) in [6.07, 6.45) is 1.62. The molecule has 92 valence electrons. The molecule has 0 radical (unpaired) electrons. The third kappa shape index (κ3) is 2.78. The molecule has 1 aromatic carbocycles. The first kappa shape index (κ1) is 12.4. The van der Waals surface area contributed by atoms with Gasteiger partial charge in [0.1, 0.15) is 5.84 Å². The van der Waals surface area contributed by atoms with Crippen LogP contribution in [0.1, 0.15) is 5.56 Å². The van der Waals surface area contributed by atoms with E-state index in [1.54, 1.807) is 42.6 Å². The van der Waals surface area contributed by atoms with Crippen molar-refractivity contribution in [2.24, 2.45) is 0 Å². The van der Waals surface area contributed by atoms with Gasteiger partial charge in [-0.15, -0.1) is 0 Å². The van der Waals surface area contributed by atoms with Crippen molar-refractivity contribution in [3.63, 3.8) is 0 Å². The van der Waals surface area contributed by atoms with Gasteiger partial charge in [0.15, 0.2) is 0 Å². The zero-order valence-electron chi connectivity index (χ0n) is 9.77. The van der Waals surface area contributed by atoms with Gasteiger partial charge in [0.25, 0.3) is 0 Å². The number of pyridine rings is 1. The zero-order chi connectivity index (χ0) is 13.0. The lowest BCUT2D eigenvalue weighted by molar-refractivity contribution is 0.397. The predicted octanol–water partition coefficient (Wildman–Crippen LogP) is 3.18. The van der Waals surface area contributed by atoms with E-state index in [9.17, 15) is 0 Å². The van der Waals surface area contributed by atoms with Gasteiger partial charge in [0.05, 0.1) is 12.7 Å². The van der Waals surface area contributed by atoms with Crippen molar-refractivity contribution in [1.29, 1.82) is 5.41 Å². The normalized spacial score (nSPS) is 9.89. The van der Waals surface area contributed by atoms with Crippen LogP contribution in [0.4, 0.5) is 5.69 Å². The van der Waals surface area contributed by atoms with Gasteiger partial charge in [0, 0.05) is 16.9 Å². The number of ether oxygens (including phenoxy) is 1. The summed E-state index contributed by atoms with van der Waals surface area (Å²) in [6, 6.07) is 10.7. The minimum absolute atomic E-state index is 0.224. The Morgan fingerprint density at radius 3 is 2.67 bits per heavy atom. The first-order chi connectivity index (χ1) is 8.70. The smallest absolute Gasteiger partial charge is 0.224 e. The Hall–Kier alpha value is -2.07. The number of hydrogen-bond acceptors (Lipinski definition) is 3. The summed E-state index contributed by atoms with van der Waals surface area (Å²) < 4.78 is 5.11. The summed E-state index contributed by atoms with van der Waals surface area (Å²) in [6.45, 7) is 0. The van der Waals surface area contributed by atoms with Crippen LogP contribution in [-0.2, 0) is 0 Å². The molecule has 0 fully saturated rings. The lowest BCUT2D eigenvalue weighted by atomic mass is 10.2. The molecule has 4 nitrogen and oxygen atoms in total. The standard InChI is InChI=1S/C13H12ClN3O/c1-18-13-11(3-2-8-16-13)12(15)17-10-6-4-9(14)5-7-10/h2-8H,1H3,(H2,15,17). The average molecular weight is 262 g/mol. The van der Waals surface area contributed by atoms with E-state index < -0.39 is 0 Å². The summed E-state index contributed by atoms with van der Waals surface area (Å²) in [5.74, 6) is 0.645. The second-order valence-corrected chi connectivity index (χ2v) is 4.00. The fourth-order valence-electron chi connectivity index (χ4n) is 1.49. The van der Waals surface area contributed by atoms with E-state index in [-0.39, 0.29) is 5.84 Å². The molecule has 2 rings (SSSR count). The van der Waals surface area contributed by atoms with Crippen molar-refractivity contribution in [3.05, 3.63) is 53.2 Å². The SMILES string of the molecule is COc1ncccc1C(=N)Nc1ccc(Cl)cc1. The molecule has 1 aromatic heterocycles. The van der Waals surface area contributed by atoms with E-state index in [0.717, 1.165) is 5.69 Å². The molecule has 0 atom stereocenters. The Balaban J connectivity index is 2.19. The Bertz CT molecular complexity index is 554. The largest absolute Gasteiger partial charge is 0.480 e. The van der Waals surface area contributed by atoms with Gasteiger partial charge in [-0.1, -0.05) is 11.6 Å². The average Bonchev–Trinajstić information content (AvgIpc) is 2.41. The number of anilines is 1. The highest BCUT2D eigenvalue weighted by atomic mass is 35.5. The summed E-state index contributed by atoms with van der Waals surface area (Å²) in [7, 11) is 1.53. The number of rotatable bonds is 3. The number of hydrogen-bond donors (Lipinski definition) is 2. The maximum absolute atomic E-state index is 8.00. The number of nitrogens with one attached hydrogen (secondary N) is 2. The van der Waals surface area contributed by atoms with Crippen molar-refractivity contribution < 1.29 is 4.74 Å². The summed E-state index contributed by atoms with van der Waals surface area (Å²) in [5, 5.41) is 11.6. The highest BCUT2D eigenvalue weighted by Gasteiger charge is 2.09. The van der Waals surface area contributed by atoms with E-state index in [2.05, 4.69) is 10.3 Å². The predicted molar refractivity (Wildman–Crippen MR) is 72.7 cm³/mol. The molecule has 18 heavy (non-hydrogen) atoms. The van der Waals surface area contributed by atoms with Crippen LogP contribution in [0.2, 0.25) is 5.02 Å². The third-order valence-electron chi connectivity index (χ3n) is 2.35. The van der Waals surface area contributed by atoms with Crippen LogP contribution in [0.3, 0.4) is 0 Å². The van der Waals surface area contributed by atoms with Gasteiger partial charge in [-0.3, -0.25) is 5.41 Å². The van der Waals surface area contributed by atoms with Gasteiger partial charge < -0.3 is 10.1 Å². The van der Waals surface area contributed by atoms with Crippen molar-refractivity contribution >= 4 is 23.1 Å². The molecule has 0 aliphatic heterocycles. The van der Waals surface area contributed by atoms with Crippen LogP contribution in [0.25, 0.3) is 0 Å². The van der Waals surface area contributed by atoms with E-state index in [1.807, 2.05) is 0 Å². The van der Waals surface area contributed by atoms with E-state index in [0.29, 0.717) is 16.5 Å². The number of aromatic nitrogens is 1. The Labute approximate surface area is 110 Å². The first-order valence-corrected chi connectivity index (χ1v) is 5.69. The molecule has 0 saturated heterocycles. The maximum Gasteiger partial charge on any atom is 0.224 e. The van der Waals surface area contributed by atoms with Gasteiger partial charge in [-0.25, -0.2) is 4.98 Å². The molecule has 0 aliphatic carbocycles. The fourth-order valence-corrected chi connectivity index (χ4v) is 1.61. The summed E-state index contributed by atoms with van der Waals surface area (Å²) in [4.78, 5) is 4.05. The molecular weight excluding hydrogens is 250 g/mol. The molecule has 1 heterocycles. The van der Waals surface area contributed by atoms with Crippen molar-refractivity contribution in [3.8, 4) is 5.88 Å². The quantitative estimate of drug-likeness (QED) is 0.659. The second-order valence-electron chi connectivity index (χ2n) is 3.57. The number of methoxy groups -OCH3 is 1. The Morgan fingerprint density at radius 2 is 2.00 bits per heavy atom. The number of nitrogens with zero attached hydrogens (tertiary/aromatic N) is 1. The van der Waals surface area contributed by atoms with Crippen LogP contribution in [0.15, 0.2) is 42.6 Å². The van der Waals surface area contributed by atoms with Gasteiger partial charge in [-0.05, 0) is 36.4 Å². The molecular formula is C13H12ClN3O. The van der Waals surface area contributed by atoms with E-state index >= 15 is 0 Å². The summed E-state index contributed by atoms with van der Waals surface area (Å²) in [5.41, 5.74) is 1.39. The molecule has 0 aliphatic rings. The van der Waals surface area contributed by atoms with Gasteiger partial charge in [-0.2, -0.15) is 0 Å². The first-order valence-electron chi connectivity index (χ1n) is 5.31.